The van der Waals surface area contributed by atoms with Gasteiger partial charge in [0.05, 0.1) is 17.0 Å². The maximum Gasteiger partial charge on any atom is 0.337 e. The fourth-order valence-electron chi connectivity index (χ4n) is 3.90. The first-order chi connectivity index (χ1) is 12.6. The van der Waals surface area contributed by atoms with E-state index >= 15 is 0 Å². The summed E-state index contributed by atoms with van der Waals surface area (Å²) in [6.07, 6.45) is 6.29. The van der Waals surface area contributed by atoms with Crippen molar-refractivity contribution >= 4 is 22.8 Å². The van der Waals surface area contributed by atoms with Crippen LogP contribution in [0.3, 0.4) is 0 Å². The second-order valence-electron chi connectivity index (χ2n) is 6.79. The Morgan fingerprint density at radius 2 is 1.92 bits per heavy atom. The van der Waals surface area contributed by atoms with E-state index in [4.69, 9.17) is 11.6 Å². The summed E-state index contributed by atoms with van der Waals surface area (Å²) in [7, 11) is 0. The van der Waals surface area contributed by atoms with Gasteiger partial charge in [0.15, 0.2) is 11.2 Å². The number of imidazole rings is 1. The summed E-state index contributed by atoms with van der Waals surface area (Å²) >= 11 is 6.37. The third-order valence-electron chi connectivity index (χ3n) is 5.10. The zero-order valence-corrected chi connectivity index (χ0v) is 15.4. The Hall–Kier alpha value is -2.34. The first kappa shape index (κ1) is 17.1. The monoisotopic (exact) mass is 372 g/mol. The Labute approximate surface area is 155 Å². The summed E-state index contributed by atoms with van der Waals surface area (Å²) < 4.78 is 4.76. The van der Waals surface area contributed by atoms with Crippen LogP contribution in [0, 0.1) is 0 Å². The lowest BCUT2D eigenvalue weighted by atomic mass is 10.2. The van der Waals surface area contributed by atoms with Crippen molar-refractivity contribution in [3.63, 3.8) is 0 Å². The molecule has 2 heterocycles. The number of para-hydroxylation sites is 1. The Morgan fingerprint density at radius 1 is 1.19 bits per heavy atom. The Balaban J connectivity index is 2.12. The molecule has 0 atom stereocenters. The van der Waals surface area contributed by atoms with E-state index < -0.39 is 0 Å². The number of aromatic nitrogens is 4. The quantitative estimate of drug-likeness (QED) is 0.703. The normalized spacial score (nSPS) is 15.2. The average Bonchev–Trinajstić information content (AvgIpc) is 3.28. The zero-order chi connectivity index (χ0) is 18.3. The van der Waals surface area contributed by atoms with Gasteiger partial charge >= 0.3 is 5.69 Å². The largest absolute Gasteiger partial charge is 0.337 e. The van der Waals surface area contributed by atoms with Gasteiger partial charge in [0.1, 0.15) is 0 Å². The summed E-state index contributed by atoms with van der Waals surface area (Å²) in [5.74, 6) is 0. The molecule has 0 unspecified atom stereocenters. The second kappa shape index (κ2) is 6.76. The Morgan fingerprint density at radius 3 is 2.62 bits per heavy atom. The molecule has 26 heavy (non-hydrogen) atoms. The highest BCUT2D eigenvalue weighted by Gasteiger charge is 2.26. The van der Waals surface area contributed by atoms with Gasteiger partial charge in [0.25, 0.3) is 5.56 Å². The van der Waals surface area contributed by atoms with E-state index in [2.05, 4.69) is 4.98 Å². The minimum absolute atomic E-state index is 0.0573. The predicted octanol–water partition coefficient (Wildman–Crippen LogP) is 3.53. The molecule has 0 radical (unpaired) electrons. The highest BCUT2D eigenvalue weighted by Crippen LogP contribution is 2.28. The number of fused-ring (bicyclic) bond motifs is 1. The van der Waals surface area contributed by atoms with Crippen molar-refractivity contribution in [2.24, 2.45) is 0 Å². The lowest BCUT2D eigenvalue weighted by molar-refractivity contribution is 0.474. The number of halogens is 1. The van der Waals surface area contributed by atoms with Gasteiger partial charge in [-0.2, -0.15) is 0 Å². The lowest BCUT2D eigenvalue weighted by Gasteiger charge is -2.17. The van der Waals surface area contributed by atoms with Gasteiger partial charge in [-0.3, -0.25) is 9.36 Å². The number of hydrogen-bond acceptors (Lipinski definition) is 3. The fourth-order valence-corrected chi connectivity index (χ4v) is 4.12. The molecule has 1 aromatic carbocycles. The third kappa shape index (κ3) is 2.60. The second-order valence-corrected chi connectivity index (χ2v) is 7.20. The minimum atomic E-state index is -0.357. The number of hydrogen-bond donors (Lipinski definition) is 0. The lowest BCUT2D eigenvalue weighted by Crippen LogP contribution is -2.41. The van der Waals surface area contributed by atoms with Crippen molar-refractivity contribution in [2.45, 2.75) is 51.6 Å². The molecule has 136 valence electrons. The molecule has 0 spiro atoms. The van der Waals surface area contributed by atoms with Gasteiger partial charge in [0.2, 0.25) is 0 Å². The standard InChI is InChI=1S/C19H21ClN4O2/c1-2-11-22-12-21-17-16(22)18(25)23(13-7-3-4-8-13)19(26)24(17)15-10-6-5-9-14(15)20/h5-6,9-10,12-13H,2-4,7-8,11H2,1H3. The molecule has 0 aliphatic heterocycles. The Bertz CT molecular complexity index is 1070. The number of aryl methyl sites for hydroxylation is 1. The summed E-state index contributed by atoms with van der Waals surface area (Å²) in [5.41, 5.74) is 0.794. The average molecular weight is 373 g/mol. The van der Waals surface area contributed by atoms with Crippen molar-refractivity contribution in [3.8, 4) is 5.69 Å². The van der Waals surface area contributed by atoms with Gasteiger partial charge in [0, 0.05) is 12.6 Å². The molecular weight excluding hydrogens is 352 g/mol. The van der Waals surface area contributed by atoms with Crippen LogP contribution in [0.25, 0.3) is 16.9 Å². The van der Waals surface area contributed by atoms with Gasteiger partial charge < -0.3 is 4.57 Å². The highest BCUT2D eigenvalue weighted by molar-refractivity contribution is 6.32. The van der Waals surface area contributed by atoms with Gasteiger partial charge in [-0.05, 0) is 31.4 Å². The molecule has 2 aromatic heterocycles. The van der Waals surface area contributed by atoms with E-state index in [0.29, 0.717) is 28.4 Å². The zero-order valence-electron chi connectivity index (χ0n) is 14.7. The van der Waals surface area contributed by atoms with Crippen LogP contribution in [0.1, 0.15) is 45.1 Å². The van der Waals surface area contributed by atoms with Crippen LogP contribution in [0.4, 0.5) is 0 Å². The van der Waals surface area contributed by atoms with E-state index in [0.717, 1.165) is 32.1 Å². The van der Waals surface area contributed by atoms with Gasteiger partial charge in [-0.15, -0.1) is 0 Å². The minimum Gasteiger partial charge on any atom is -0.325 e. The Kier molecular flexibility index (Phi) is 4.44. The van der Waals surface area contributed by atoms with Crippen LogP contribution < -0.4 is 11.2 Å². The van der Waals surface area contributed by atoms with E-state index in [-0.39, 0.29) is 17.3 Å². The van der Waals surface area contributed by atoms with Crippen LogP contribution in [0.5, 0.6) is 0 Å². The summed E-state index contributed by atoms with van der Waals surface area (Å²) in [6.45, 7) is 2.72. The van der Waals surface area contributed by atoms with Crippen LogP contribution in [0.15, 0.2) is 40.2 Å². The van der Waals surface area contributed by atoms with Crippen molar-refractivity contribution in [1.29, 1.82) is 0 Å². The maximum absolute atomic E-state index is 13.3. The SMILES string of the molecule is CCCn1cnc2c1c(=O)n(C1CCCC1)c(=O)n2-c1ccccc1Cl. The molecule has 1 saturated carbocycles. The number of rotatable bonds is 4. The topological polar surface area (TPSA) is 61.8 Å². The molecule has 4 rings (SSSR count). The van der Waals surface area contributed by atoms with Crippen LogP contribution in [0.2, 0.25) is 5.02 Å². The molecule has 0 bridgehead atoms. The summed E-state index contributed by atoms with van der Waals surface area (Å²) in [6, 6.07) is 7.11. The van der Waals surface area contributed by atoms with Crippen molar-refractivity contribution in [3.05, 3.63) is 56.5 Å². The van der Waals surface area contributed by atoms with Crippen molar-refractivity contribution in [2.75, 3.05) is 0 Å². The fraction of sp³-hybridized carbons (Fsp3) is 0.421. The molecule has 0 saturated heterocycles. The molecule has 0 N–H and O–H groups in total. The summed E-state index contributed by atoms with van der Waals surface area (Å²) in [5, 5.41) is 0.456. The molecule has 3 aromatic rings. The van der Waals surface area contributed by atoms with Gasteiger partial charge in [-0.1, -0.05) is 43.5 Å². The first-order valence-corrected chi connectivity index (χ1v) is 9.48. The molecule has 1 aliphatic rings. The van der Waals surface area contributed by atoms with Gasteiger partial charge in [-0.25, -0.2) is 14.3 Å². The number of benzene rings is 1. The highest BCUT2D eigenvalue weighted by atomic mass is 35.5. The molecule has 1 fully saturated rings. The third-order valence-corrected chi connectivity index (χ3v) is 5.42. The molecule has 0 amide bonds. The van der Waals surface area contributed by atoms with E-state index in [1.165, 1.54) is 9.13 Å². The van der Waals surface area contributed by atoms with Crippen LogP contribution >= 0.6 is 11.6 Å². The van der Waals surface area contributed by atoms with Crippen molar-refractivity contribution < 1.29 is 0 Å². The van der Waals surface area contributed by atoms with Crippen LogP contribution in [-0.4, -0.2) is 18.7 Å². The number of nitrogens with zero attached hydrogens (tertiary/aromatic N) is 4. The first-order valence-electron chi connectivity index (χ1n) is 9.10. The van der Waals surface area contributed by atoms with Crippen LogP contribution in [-0.2, 0) is 6.54 Å². The smallest absolute Gasteiger partial charge is 0.325 e. The predicted molar refractivity (Wildman–Crippen MR) is 102 cm³/mol. The van der Waals surface area contributed by atoms with E-state index in [1.807, 2.05) is 23.6 Å². The molecular formula is C19H21ClN4O2. The van der Waals surface area contributed by atoms with Crippen molar-refractivity contribution in [1.82, 2.24) is 18.7 Å². The molecule has 6 nitrogen and oxygen atoms in total. The molecule has 7 heteroatoms. The summed E-state index contributed by atoms with van der Waals surface area (Å²) in [4.78, 5) is 30.9. The maximum atomic E-state index is 13.3. The molecule has 1 aliphatic carbocycles. The van der Waals surface area contributed by atoms with E-state index in [9.17, 15) is 9.59 Å². The van der Waals surface area contributed by atoms with E-state index in [1.54, 1.807) is 18.5 Å².